The van der Waals surface area contributed by atoms with Crippen molar-refractivity contribution in [2.24, 2.45) is 11.3 Å². The maximum Gasteiger partial charge on any atom is 0.307 e. The second-order valence-electron chi connectivity index (χ2n) is 12.1. The van der Waals surface area contributed by atoms with E-state index in [-0.39, 0.29) is 18.2 Å². The number of hydrogen-bond acceptors (Lipinski definition) is 5. The smallest absolute Gasteiger partial charge is 0.307 e. The summed E-state index contributed by atoms with van der Waals surface area (Å²) in [4.78, 5) is 39.3. The number of benzene rings is 2. The highest BCUT2D eigenvalue weighted by Crippen LogP contribution is 2.23. The number of unbranched alkanes of at least 4 members (excludes halogenated alkanes) is 1. The second kappa shape index (κ2) is 15.7. The molecule has 2 aromatic rings. The fourth-order valence-corrected chi connectivity index (χ4v) is 4.26. The monoisotopic (exact) mass is 572 g/mol. The first-order valence-electron chi connectivity index (χ1n) is 14.0. The Morgan fingerprint density at radius 2 is 1.52 bits per heavy atom. The van der Waals surface area contributed by atoms with E-state index in [0.29, 0.717) is 43.9 Å². The lowest BCUT2D eigenvalue weighted by molar-refractivity contribution is -0.157. The summed E-state index contributed by atoms with van der Waals surface area (Å²) in [7, 11) is 0. The average molecular weight is 573 g/mol. The maximum absolute atomic E-state index is 13.5. The van der Waals surface area contributed by atoms with Crippen molar-refractivity contribution in [1.82, 2.24) is 10.6 Å². The molecule has 220 valence electrons. The number of carbonyl (C=O) groups is 3. The zero-order chi connectivity index (χ0) is 29.8. The first-order chi connectivity index (χ1) is 18.7. The Balaban J connectivity index is 2.00. The van der Waals surface area contributed by atoms with Crippen LogP contribution in [0.1, 0.15) is 72.8 Å². The van der Waals surface area contributed by atoms with Crippen molar-refractivity contribution in [1.29, 1.82) is 0 Å². The Kier molecular flexibility index (Phi) is 13.0. The van der Waals surface area contributed by atoms with Crippen LogP contribution in [0.4, 0.5) is 0 Å². The van der Waals surface area contributed by atoms with Gasteiger partial charge in [-0.2, -0.15) is 0 Å². The van der Waals surface area contributed by atoms with Crippen LogP contribution in [0.5, 0.6) is 5.75 Å². The van der Waals surface area contributed by atoms with Gasteiger partial charge in [0, 0.05) is 17.5 Å². The van der Waals surface area contributed by atoms with E-state index in [1.165, 1.54) is 0 Å². The van der Waals surface area contributed by atoms with Gasteiger partial charge in [0.05, 0.1) is 13.0 Å². The van der Waals surface area contributed by atoms with Crippen molar-refractivity contribution in [2.45, 2.75) is 85.3 Å². The van der Waals surface area contributed by atoms with Gasteiger partial charge in [-0.1, -0.05) is 62.7 Å². The van der Waals surface area contributed by atoms with E-state index in [4.69, 9.17) is 21.1 Å². The second-order valence-corrected chi connectivity index (χ2v) is 12.6. The summed E-state index contributed by atoms with van der Waals surface area (Å²) in [5, 5.41) is 6.55. The predicted octanol–water partition coefficient (Wildman–Crippen LogP) is 6.13. The van der Waals surface area contributed by atoms with Crippen LogP contribution in [0.15, 0.2) is 54.6 Å². The number of amides is 2. The fraction of sp³-hybridized carbons (Fsp3) is 0.531. The van der Waals surface area contributed by atoms with Crippen molar-refractivity contribution in [3.8, 4) is 5.75 Å². The third-order valence-corrected chi connectivity index (χ3v) is 6.46. The molecule has 0 heterocycles. The van der Waals surface area contributed by atoms with E-state index >= 15 is 0 Å². The Bertz CT molecular complexity index is 1080. The van der Waals surface area contributed by atoms with Crippen molar-refractivity contribution in [2.75, 3.05) is 13.2 Å². The molecule has 8 heteroatoms. The quantitative estimate of drug-likeness (QED) is 0.210. The van der Waals surface area contributed by atoms with Crippen molar-refractivity contribution in [3.05, 3.63) is 65.2 Å². The van der Waals surface area contributed by atoms with E-state index < -0.39 is 28.9 Å². The molecule has 2 N–H and O–H groups in total. The Morgan fingerprint density at radius 3 is 2.12 bits per heavy atom. The van der Waals surface area contributed by atoms with Crippen molar-refractivity contribution >= 4 is 29.4 Å². The highest BCUT2D eigenvalue weighted by atomic mass is 35.5. The number of esters is 1. The lowest BCUT2D eigenvalue weighted by atomic mass is 9.85. The Morgan fingerprint density at radius 1 is 0.875 bits per heavy atom. The van der Waals surface area contributed by atoms with Gasteiger partial charge in [-0.25, -0.2) is 0 Å². The number of rotatable bonds is 14. The van der Waals surface area contributed by atoms with Gasteiger partial charge in [-0.3, -0.25) is 14.4 Å². The summed E-state index contributed by atoms with van der Waals surface area (Å²) in [6.07, 6.45) is 2.45. The van der Waals surface area contributed by atoms with E-state index in [2.05, 4.69) is 10.6 Å². The zero-order valence-electron chi connectivity index (χ0n) is 24.7. The van der Waals surface area contributed by atoms with Gasteiger partial charge in [-0.05, 0) is 81.7 Å². The first-order valence-corrected chi connectivity index (χ1v) is 14.3. The van der Waals surface area contributed by atoms with Gasteiger partial charge in [-0.15, -0.1) is 0 Å². The van der Waals surface area contributed by atoms with Crippen molar-refractivity contribution < 1.29 is 23.9 Å². The maximum atomic E-state index is 13.5. The minimum absolute atomic E-state index is 0.0619. The molecule has 40 heavy (non-hydrogen) atoms. The van der Waals surface area contributed by atoms with Gasteiger partial charge >= 0.3 is 5.97 Å². The van der Waals surface area contributed by atoms with Gasteiger partial charge in [0.2, 0.25) is 11.8 Å². The van der Waals surface area contributed by atoms with Gasteiger partial charge in [0.1, 0.15) is 17.4 Å². The fourth-order valence-electron chi connectivity index (χ4n) is 4.14. The summed E-state index contributed by atoms with van der Waals surface area (Å²) in [6, 6.07) is 16.3. The molecular weight excluding hydrogens is 528 g/mol. The number of halogens is 1. The molecule has 2 rings (SSSR count). The highest BCUT2D eigenvalue weighted by Gasteiger charge is 2.35. The van der Waals surface area contributed by atoms with Crippen LogP contribution in [-0.2, 0) is 25.5 Å². The SMILES string of the molecule is CC(C)(C)OC(=O)C[C@@H](CCCCOc1ccc(Cl)cc1)C(=O)N[C@H](C(=O)NCCc1ccccc1)C(C)(C)C. The first kappa shape index (κ1) is 33.1. The average Bonchev–Trinajstić information content (AvgIpc) is 2.86. The van der Waals surface area contributed by atoms with Crippen LogP contribution in [0.2, 0.25) is 5.02 Å². The number of hydrogen-bond donors (Lipinski definition) is 2. The van der Waals surface area contributed by atoms with Crippen LogP contribution in [0.3, 0.4) is 0 Å². The topological polar surface area (TPSA) is 93.7 Å². The minimum Gasteiger partial charge on any atom is -0.494 e. The third kappa shape index (κ3) is 12.9. The molecule has 2 amide bonds. The molecule has 0 fully saturated rings. The number of carbonyl (C=O) groups excluding carboxylic acids is 3. The molecule has 0 aliphatic heterocycles. The van der Waals surface area contributed by atoms with E-state index in [1.54, 1.807) is 45.0 Å². The number of ether oxygens (including phenoxy) is 2. The van der Waals surface area contributed by atoms with E-state index in [1.807, 2.05) is 51.1 Å². The van der Waals surface area contributed by atoms with Gasteiger partial charge < -0.3 is 20.1 Å². The van der Waals surface area contributed by atoms with Crippen LogP contribution in [0, 0.1) is 11.3 Å². The van der Waals surface area contributed by atoms with Crippen LogP contribution < -0.4 is 15.4 Å². The molecule has 7 nitrogen and oxygen atoms in total. The lowest BCUT2D eigenvalue weighted by Crippen LogP contribution is -2.55. The molecule has 0 aromatic heterocycles. The molecule has 0 bridgehead atoms. The standard InChI is InChI=1S/C32H45ClN2O5/c1-31(2,3)28(30(38)34-20-19-23-12-8-7-9-13-23)35-29(37)24(22-27(36)40-32(4,5)6)14-10-11-21-39-26-17-15-25(33)16-18-26/h7-9,12-13,15-18,24,28H,10-11,14,19-22H2,1-6H3,(H,34,38)(H,35,37)/t24-,28-/m1/s1. The highest BCUT2D eigenvalue weighted by molar-refractivity contribution is 6.30. The Hall–Kier alpha value is -3.06. The van der Waals surface area contributed by atoms with Gasteiger partial charge in [0.15, 0.2) is 0 Å². The lowest BCUT2D eigenvalue weighted by Gasteiger charge is -2.32. The molecule has 0 saturated heterocycles. The van der Waals surface area contributed by atoms with Gasteiger partial charge in [0.25, 0.3) is 0 Å². The summed E-state index contributed by atoms with van der Waals surface area (Å²) in [5.74, 6) is -0.928. The van der Waals surface area contributed by atoms with Crippen LogP contribution >= 0.6 is 11.6 Å². The normalized spacial score (nSPS) is 13.2. The van der Waals surface area contributed by atoms with Crippen LogP contribution in [-0.4, -0.2) is 42.6 Å². The zero-order valence-corrected chi connectivity index (χ0v) is 25.5. The molecule has 0 saturated carbocycles. The predicted molar refractivity (Wildman–Crippen MR) is 159 cm³/mol. The molecule has 0 radical (unpaired) electrons. The number of nitrogens with one attached hydrogen (secondary N) is 2. The Labute approximate surface area is 244 Å². The summed E-state index contributed by atoms with van der Waals surface area (Å²) in [5.41, 5.74) is -0.0661. The summed E-state index contributed by atoms with van der Waals surface area (Å²) >= 11 is 5.92. The summed E-state index contributed by atoms with van der Waals surface area (Å²) < 4.78 is 11.3. The van der Waals surface area contributed by atoms with E-state index in [0.717, 1.165) is 11.3 Å². The summed E-state index contributed by atoms with van der Waals surface area (Å²) in [6.45, 7) is 12.0. The van der Waals surface area contributed by atoms with Crippen molar-refractivity contribution in [3.63, 3.8) is 0 Å². The van der Waals surface area contributed by atoms with E-state index in [9.17, 15) is 14.4 Å². The molecular formula is C32H45ClN2O5. The largest absolute Gasteiger partial charge is 0.494 e. The molecule has 0 spiro atoms. The molecule has 2 atom stereocenters. The third-order valence-electron chi connectivity index (χ3n) is 6.20. The molecule has 0 unspecified atom stereocenters. The minimum atomic E-state index is -0.759. The molecule has 0 aliphatic rings. The molecule has 2 aromatic carbocycles. The van der Waals surface area contributed by atoms with Crippen LogP contribution in [0.25, 0.3) is 0 Å². The molecule has 0 aliphatic carbocycles.